The van der Waals surface area contributed by atoms with Gasteiger partial charge in [-0.15, -0.1) is 11.3 Å². The summed E-state index contributed by atoms with van der Waals surface area (Å²) in [6.45, 7) is 0. The number of rotatable bonds is 4. The molecule has 0 saturated heterocycles. The molecule has 5 rings (SSSR count). The Morgan fingerprint density at radius 2 is 1.80 bits per heavy atom. The summed E-state index contributed by atoms with van der Waals surface area (Å²) in [5.74, 6) is 0.207. The van der Waals surface area contributed by atoms with Crippen LogP contribution in [0.15, 0.2) is 81.7 Å². The molecule has 2 aromatic heterocycles. The first-order chi connectivity index (χ1) is 16.9. The Morgan fingerprint density at radius 1 is 1.03 bits per heavy atom. The van der Waals surface area contributed by atoms with Crippen LogP contribution in [0, 0.1) is 0 Å². The Bertz CT molecular complexity index is 1550. The lowest BCUT2D eigenvalue weighted by atomic mass is 10.2. The minimum absolute atomic E-state index is 0.0585. The van der Waals surface area contributed by atoms with Gasteiger partial charge in [0.15, 0.2) is 10.9 Å². The highest BCUT2D eigenvalue weighted by atomic mass is 79.9. The molecule has 1 amide bonds. The lowest BCUT2D eigenvalue weighted by molar-refractivity contribution is 0.0951. The first-order valence-electron chi connectivity index (χ1n) is 10.2. The molecule has 0 spiro atoms. The standard InChI is InChI=1S/C25H14BrCl2N3O2S2/c26-14-7-5-13(6-8-14)19-9-10-20(33-19)23(32)31-25(34)30-22-16(11-15(27)12-17(22)28)24-29-18-3-1-2-4-21(18)35-24/h1-12H,(H2,30,31,32,34). The van der Waals surface area contributed by atoms with E-state index in [1.807, 2.05) is 48.5 Å². The number of amides is 1. The summed E-state index contributed by atoms with van der Waals surface area (Å²) < 4.78 is 7.70. The zero-order valence-electron chi connectivity index (χ0n) is 17.6. The fourth-order valence-corrected chi connectivity index (χ4v) is 5.38. The van der Waals surface area contributed by atoms with Gasteiger partial charge in [0.25, 0.3) is 5.91 Å². The number of thiocarbonyl (C=S) groups is 1. The summed E-state index contributed by atoms with van der Waals surface area (Å²) in [5.41, 5.74) is 2.89. The van der Waals surface area contributed by atoms with E-state index < -0.39 is 5.91 Å². The molecule has 0 saturated carbocycles. The maximum absolute atomic E-state index is 12.8. The summed E-state index contributed by atoms with van der Waals surface area (Å²) >= 11 is 23.1. The first-order valence-corrected chi connectivity index (χ1v) is 13.0. The summed E-state index contributed by atoms with van der Waals surface area (Å²) in [4.78, 5) is 17.4. The molecule has 0 aliphatic heterocycles. The van der Waals surface area contributed by atoms with Crippen LogP contribution in [0.2, 0.25) is 10.0 Å². The Hall–Kier alpha value is -2.75. The van der Waals surface area contributed by atoms with Gasteiger partial charge in [0.05, 0.1) is 20.9 Å². The topological polar surface area (TPSA) is 67.2 Å². The van der Waals surface area contributed by atoms with E-state index in [1.54, 1.807) is 24.3 Å². The number of thiazole rings is 1. The molecule has 35 heavy (non-hydrogen) atoms. The van der Waals surface area contributed by atoms with E-state index in [9.17, 15) is 4.79 Å². The van der Waals surface area contributed by atoms with Crippen LogP contribution in [0.25, 0.3) is 32.1 Å². The molecule has 174 valence electrons. The Balaban J connectivity index is 1.36. The van der Waals surface area contributed by atoms with Crippen LogP contribution < -0.4 is 10.6 Å². The van der Waals surface area contributed by atoms with Gasteiger partial charge in [-0.1, -0.05) is 63.4 Å². The maximum Gasteiger partial charge on any atom is 0.293 e. The van der Waals surface area contributed by atoms with Gasteiger partial charge >= 0.3 is 0 Å². The SMILES string of the molecule is O=C(NC(=S)Nc1c(Cl)cc(Cl)cc1-c1nc2ccccc2s1)c1ccc(-c2ccc(Br)cc2)o1. The lowest BCUT2D eigenvalue weighted by Crippen LogP contribution is -2.34. The van der Waals surface area contributed by atoms with Crippen molar-refractivity contribution in [3.8, 4) is 21.9 Å². The average molecular weight is 603 g/mol. The van der Waals surface area contributed by atoms with E-state index >= 15 is 0 Å². The highest BCUT2D eigenvalue weighted by molar-refractivity contribution is 9.10. The third kappa shape index (κ3) is 5.27. The molecular weight excluding hydrogens is 589 g/mol. The average Bonchev–Trinajstić information content (AvgIpc) is 3.49. The number of para-hydroxylation sites is 1. The van der Waals surface area contributed by atoms with Gasteiger partial charge in [0.1, 0.15) is 10.8 Å². The van der Waals surface area contributed by atoms with Crippen LogP contribution in [0.3, 0.4) is 0 Å². The number of nitrogens with zero attached hydrogens (tertiary/aromatic N) is 1. The number of carbonyl (C=O) groups is 1. The molecule has 5 nitrogen and oxygen atoms in total. The normalized spacial score (nSPS) is 10.9. The van der Waals surface area contributed by atoms with Gasteiger partial charge in [-0.3, -0.25) is 10.1 Å². The fourth-order valence-electron chi connectivity index (χ4n) is 3.40. The highest BCUT2D eigenvalue weighted by Crippen LogP contribution is 2.40. The quantitative estimate of drug-likeness (QED) is 0.202. The highest BCUT2D eigenvalue weighted by Gasteiger charge is 2.18. The third-order valence-corrected chi connectivity index (χ3v) is 7.32. The Morgan fingerprint density at radius 3 is 2.57 bits per heavy atom. The molecule has 2 N–H and O–H groups in total. The smallest absolute Gasteiger partial charge is 0.293 e. The fraction of sp³-hybridized carbons (Fsp3) is 0. The largest absolute Gasteiger partial charge is 0.451 e. The summed E-state index contributed by atoms with van der Waals surface area (Å²) in [6.07, 6.45) is 0. The number of fused-ring (bicyclic) bond motifs is 1. The van der Waals surface area contributed by atoms with Gasteiger partial charge < -0.3 is 9.73 Å². The van der Waals surface area contributed by atoms with Gasteiger partial charge in [0, 0.05) is 20.6 Å². The predicted octanol–water partition coefficient (Wildman–Crippen LogP) is 8.42. The molecule has 2 heterocycles. The zero-order valence-corrected chi connectivity index (χ0v) is 22.4. The second kappa shape index (κ2) is 10.1. The van der Waals surface area contributed by atoms with Crippen LogP contribution in [0.5, 0.6) is 0 Å². The lowest BCUT2D eigenvalue weighted by Gasteiger charge is -2.14. The van der Waals surface area contributed by atoms with Crippen molar-refractivity contribution in [1.82, 2.24) is 10.3 Å². The second-order valence-electron chi connectivity index (χ2n) is 7.38. The number of halogens is 3. The van der Waals surface area contributed by atoms with Crippen molar-refractivity contribution in [2.45, 2.75) is 0 Å². The molecule has 0 fully saturated rings. The Kier molecular flexibility index (Phi) is 6.91. The summed E-state index contributed by atoms with van der Waals surface area (Å²) in [5, 5.41) is 7.24. The summed E-state index contributed by atoms with van der Waals surface area (Å²) in [6, 6.07) is 22.1. The predicted molar refractivity (Wildman–Crippen MR) is 151 cm³/mol. The molecule has 3 aromatic carbocycles. The van der Waals surface area contributed by atoms with Crippen molar-refractivity contribution in [3.63, 3.8) is 0 Å². The molecule has 0 radical (unpaired) electrons. The molecule has 10 heteroatoms. The number of furan rings is 1. The minimum atomic E-state index is -0.488. The van der Waals surface area contributed by atoms with E-state index in [2.05, 4.69) is 26.6 Å². The van der Waals surface area contributed by atoms with Crippen LogP contribution in [0.4, 0.5) is 5.69 Å². The number of carbonyl (C=O) groups excluding carboxylic acids is 1. The van der Waals surface area contributed by atoms with Crippen LogP contribution in [-0.4, -0.2) is 16.0 Å². The first kappa shape index (κ1) is 24.0. The Labute approximate surface area is 228 Å². The van der Waals surface area contributed by atoms with E-state index in [1.165, 1.54) is 11.3 Å². The van der Waals surface area contributed by atoms with Crippen molar-refractivity contribution in [3.05, 3.63) is 93.1 Å². The molecule has 0 atom stereocenters. The van der Waals surface area contributed by atoms with Gasteiger partial charge in [0.2, 0.25) is 0 Å². The molecule has 5 aromatic rings. The molecular formula is C25H14BrCl2N3O2S2. The second-order valence-corrected chi connectivity index (χ2v) is 10.6. The van der Waals surface area contributed by atoms with Crippen LogP contribution in [-0.2, 0) is 0 Å². The molecule has 0 aliphatic carbocycles. The number of anilines is 1. The van der Waals surface area contributed by atoms with E-state index in [0.717, 1.165) is 25.3 Å². The third-order valence-electron chi connectivity index (χ3n) is 5.00. The number of nitrogens with one attached hydrogen (secondary N) is 2. The van der Waals surface area contributed by atoms with E-state index in [0.29, 0.717) is 27.1 Å². The molecule has 0 bridgehead atoms. The number of benzene rings is 3. The number of hydrogen-bond acceptors (Lipinski definition) is 5. The van der Waals surface area contributed by atoms with Gasteiger partial charge in [-0.05, 0) is 60.7 Å². The number of aromatic nitrogens is 1. The van der Waals surface area contributed by atoms with Crippen molar-refractivity contribution < 1.29 is 9.21 Å². The van der Waals surface area contributed by atoms with Crippen LogP contribution >= 0.6 is 62.7 Å². The monoisotopic (exact) mass is 601 g/mol. The van der Waals surface area contributed by atoms with Crippen LogP contribution in [0.1, 0.15) is 10.6 Å². The zero-order chi connectivity index (χ0) is 24.5. The van der Waals surface area contributed by atoms with Crippen molar-refractivity contribution in [2.24, 2.45) is 0 Å². The molecule has 0 unspecified atom stereocenters. The molecule has 0 aliphatic rings. The summed E-state index contributed by atoms with van der Waals surface area (Å²) in [7, 11) is 0. The minimum Gasteiger partial charge on any atom is -0.451 e. The van der Waals surface area contributed by atoms with Crippen molar-refractivity contribution in [2.75, 3.05) is 5.32 Å². The van der Waals surface area contributed by atoms with Gasteiger partial charge in [-0.2, -0.15) is 0 Å². The van der Waals surface area contributed by atoms with Gasteiger partial charge in [-0.25, -0.2) is 4.98 Å². The maximum atomic E-state index is 12.8. The number of hydrogen-bond donors (Lipinski definition) is 2. The van der Waals surface area contributed by atoms with E-state index in [4.69, 9.17) is 44.8 Å². The van der Waals surface area contributed by atoms with E-state index in [-0.39, 0.29) is 10.9 Å². The van der Waals surface area contributed by atoms with Crippen molar-refractivity contribution in [1.29, 1.82) is 0 Å². The van der Waals surface area contributed by atoms with Crippen molar-refractivity contribution >= 4 is 89.6 Å².